The number of anilines is 1. The highest BCUT2D eigenvalue weighted by Gasteiger charge is 2.53. The van der Waals surface area contributed by atoms with Crippen LogP contribution in [0.4, 0.5) is 5.69 Å². The summed E-state index contributed by atoms with van der Waals surface area (Å²) in [4.78, 5) is 30.9. The van der Waals surface area contributed by atoms with Crippen LogP contribution >= 0.6 is 0 Å². The standard InChI is InChI=1S/C30H32N2O3/c1-30(29(34)35)20-25(31-19-11-10-13-22-12-8-9-18-26(22)31)21-32(30)28(33)27(23-14-4-2-5-15-23)24-16-6-3-7-17-24/h2-9,12,14-18,25,27H,10-11,13,19-21H2,1H3,(H,34,35)/t25-,30-/m0/s1. The maximum Gasteiger partial charge on any atom is 0.329 e. The van der Waals surface area contributed by atoms with Crippen molar-refractivity contribution in [1.29, 1.82) is 0 Å². The van der Waals surface area contributed by atoms with Crippen LogP contribution in [0.3, 0.4) is 0 Å². The third kappa shape index (κ3) is 4.31. The summed E-state index contributed by atoms with van der Waals surface area (Å²) in [7, 11) is 0. The highest BCUT2D eigenvalue weighted by Crippen LogP contribution is 2.40. The number of aryl methyl sites for hydroxylation is 1. The van der Waals surface area contributed by atoms with E-state index in [1.165, 1.54) is 11.3 Å². The number of carboxylic acids is 1. The van der Waals surface area contributed by atoms with Gasteiger partial charge in [-0.05, 0) is 48.9 Å². The first-order valence-corrected chi connectivity index (χ1v) is 12.5. The molecule has 0 unspecified atom stereocenters. The number of fused-ring (bicyclic) bond motifs is 1. The van der Waals surface area contributed by atoms with Crippen LogP contribution in [0.25, 0.3) is 0 Å². The zero-order valence-electron chi connectivity index (χ0n) is 20.1. The molecule has 5 rings (SSSR count). The second kappa shape index (κ2) is 9.57. The van der Waals surface area contributed by atoms with Crippen LogP contribution in [0.15, 0.2) is 84.9 Å². The molecule has 1 N–H and O–H groups in total. The molecule has 1 saturated heterocycles. The number of carbonyl (C=O) groups excluding carboxylic acids is 1. The van der Waals surface area contributed by atoms with Gasteiger partial charge in [-0.1, -0.05) is 78.9 Å². The molecule has 3 aromatic carbocycles. The fourth-order valence-corrected chi connectivity index (χ4v) is 5.81. The van der Waals surface area contributed by atoms with Crippen molar-refractivity contribution in [2.75, 3.05) is 18.0 Å². The number of carbonyl (C=O) groups is 2. The van der Waals surface area contributed by atoms with Crippen LogP contribution in [0.5, 0.6) is 0 Å². The van der Waals surface area contributed by atoms with E-state index in [-0.39, 0.29) is 11.9 Å². The van der Waals surface area contributed by atoms with E-state index < -0.39 is 17.4 Å². The van der Waals surface area contributed by atoms with Crippen LogP contribution in [-0.4, -0.2) is 46.6 Å². The van der Waals surface area contributed by atoms with Gasteiger partial charge in [-0.3, -0.25) is 4.79 Å². The number of benzene rings is 3. The van der Waals surface area contributed by atoms with Gasteiger partial charge in [-0.25, -0.2) is 4.79 Å². The smallest absolute Gasteiger partial charge is 0.329 e. The Bertz CT molecular complexity index is 1160. The molecule has 2 atom stereocenters. The number of nitrogens with zero attached hydrogens (tertiary/aromatic N) is 2. The first-order chi connectivity index (χ1) is 17.0. The van der Waals surface area contributed by atoms with Crippen molar-refractivity contribution in [2.45, 2.75) is 50.1 Å². The minimum Gasteiger partial charge on any atom is -0.480 e. The Hall–Kier alpha value is -3.60. The van der Waals surface area contributed by atoms with Gasteiger partial charge in [0.05, 0.1) is 5.92 Å². The molecule has 5 heteroatoms. The van der Waals surface area contributed by atoms with Gasteiger partial charge >= 0.3 is 5.97 Å². The summed E-state index contributed by atoms with van der Waals surface area (Å²) in [6.45, 7) is 2.98. The Kier molecular flexibility index (Phi) is 6.33. The Morgan fingerprint density at radius 2 is 1.49 bits per heavy atom. The van der Waals surface area contributed by atoms with Gasteiger partial charge in [0.1, 0.15) is 5.54 Å². The molecule has 180 valence electrons. The Morgan fingerprint density at radius 1 is 0.886 bits per heavy atom. The predicted octanol–water partition coefficient (Wildman–Crippen LogP) is 5.11. The molecular formula is C30H32N2O3. The molecule has 0 radical (unpaired) electrons. The molecule has 1 amide bonds. The molecule has 0 spiro atoms. The summed E-state index contributed by atoms with van der Waals surface area (Å²) in [5.41, 5.74) is 2.96. The largest absolute Gasteiger partial charge is 0.480 e. The summed E-state index contributed by atoms with van der Waals surface area (Å²) in [6.07, 6.45) is 3.60. The van der Waals surface area contributed by atoms with Gasteiger partial charge in [0.2, 0.25) is 5.91 Å². The van der Waals surface area contributed by atoms with Gasteiger partial charge in [0.25, 0.3) is 0 Å². The van der Waals surface area contributed by atoms with E-state index in [0.717, 1.165) is 36.9 Å². The molecule has 2 aliphatic heterocycles. The van der Waals surface area contributed by atoms with Crippen molar-refractivity contribution >= 4 is 17.6 Å². The number of para-hydroxylation sites is 1. The van der Waals surface area contributed by atoms with Crippen molar-refractivity contribution in [3.05, 3.63) is 102 Å². The topological polar surface area (TPSA) is 60.9 Å². The van der Waals surface area contributed by atoms with E-state index >= 15 is 0 Å². The van der Waals surface area contributed by atoms with Gasteiger partial charge < -0.3 is 14.9 Å². The number of likely N-dealkylation sites (tertiary alicyclic amines) is 1. The number of rotatable bonds is 5. The molecular weight excluding hydrogens is 436 g/mol. The Balaban J connectivity index is 1.53. The minimum absolute atomic E-state index is 0.0495. The molecule has 2 heterocycles. The number of hydrogen-bond acceptors (Lipinski definition) is 3. The zero-order valence-corrected chi connectivity index (χ0v) is 20.1. The van der Waals surface area contributed by atoms with E-state index in [0.29, 0.717) is 13.0 Å². The summed E-state index contributed by atoms with van der Waals surface area (Å²) in [5.74, 6) is -1.65. The van der Waals surface area contributed by atoms with Crippen molar-refractivity contribution in [3.8, 4) is 0 Å². The van der Waals surface area contributed by atoms with E-state index in [1.807, 2.05) is 66.7 Å². The molecule has 0 aromatic heterocycles. The summed E-state index contributed by atoms with van der Waals surface area (Å²) in [5, 5.41) is 10.4. The van der Waals surface area contributed by atoms with Gasteiger partial charge in [0, 0.05) is 31.2 Å². The lowest BCUT2D eigenvalue weighted by Crippen LogP contribution is -2.52. The molecule has 35 heavy (non-hydrogen) atoms. The summed E-state index contributed by atoms with van der Waals surface area (Å²) in [6, 6.07) is 27.7. The van der Waals surface area contributed by atoms with E-state index in [9.17, 15) is 14.7 Å². The van der Waals surface area contributed by atoms with Crippen molar-refractivity contribution in [2.24, 2.45) is 0 Å². The predicted molar refractivity (Wildman–Crippen MR) is 138 cm³/mol. The lowest BCUT2D eigenvalue weighted by atomic mass is 9.88. The molecule has 3 aromatic rings. The Labute approximate surface area is 207 Å². The van der Waals surface area contributed by atoms with Crippen LogP contribution < -0.4 is 4.90 Å². The van der Waals surface area contributed by atoms with Crippen LogP contribution in [0.1, 0.15) is 48.8 Å². The Morgan fingerprint density at radius 3 is 2.11 bits per heavy atom. The quantitative estimate of drug-likeness (QED) is 0.566. The van der Waals surface area contributed by atoms with Crippen molar-refractivity contribution < 1.29 is 14.7 Å². The average Bonchev–Trinajstić information content (AvgIpc) is 3.10. The van der Waals surface area contributed by atoms with Gasteiger partial charge in [-0.15, -0.1) is 0 Å². The lowest BCUT2D eigenvalue weighted by Gasteiger charge is -2.34. The third-order valence-electron chi connectivity index (χ3n) is 7.70. The van der Waals surface area contributed by atoms with E-state index in [2.05, 4.69) is 23.1 Å². The van der Waals surface area contributed by atoms with Crippen molar-refractivity contribution in [3.63, 3.8) is 0 Å². The minimum atomic E-state index is -1.27. The van der Waals surface area contributed by atoms with E-state index in [1.54, 1.807) is 11.8 Å². The monoisotopic (exact) mass is 468 g/mol. The maximum atomic E-state index is 14.3. The second-order valence-electron chi connectivity index (χ2n) is 9.92. The number of aliphatic carboxylic acids is 1. The highest BCUT2D eigenvalue weighted by atomic mass is 16.4. The summed E-state index contributed by atoms with van der Waals surface area (Å²) >= 11 is 0. The third-order valence-corrected chi connectivity index (χ3v) is 7.70. The van der Waals surface area contributed by atoms with Crippen LogP contribution in [0, 0.1) is 0 Å². The normalized spacial score (nSPS) is 22.1. The molecule has 5 nitrogen and oxygen atoms in total. The van der Waals surface area contributed by atoms with Crippen molar-refractivity contribution in [1.82, 2.24) is 4.90 Å². The van der Waals surface area contributed by atoms with Crippen LogP contribution in [0.2, 0.25) is 0 Å². The fraction of sp³-hybridized carbons (Fsp3) is 0.333. The first kappa shape index (κ1) is 23.2. The number of amides is 1. The zero-order chi connectivity index (χ0) is 24.4. The SMILES string of the molecule is C[C@@]1(C(=O)O)C[C@H](N2CCCCc3ccccc32)CN1C(=O)C(c1ccccc1)c1ccccc1. The van der Waals surface area contributed by atoms with E-state index in [4.69, 9.17) is 0 Å². The molecule has 2 aliphatic rings. The average molecular weight is 469 g/mol. The van der Waals surface area contributed by atoms with Crippen LogP contribution in [-0.2, 0) is 16.0 Å². The van der Waals surface area contributed by atoms with Gasteiger partial charge in [0.15, 0.2) is 0 Å². The molecule has 1 fully saturated rings. The fourth-order valence-electron chi connectivity index (χ4n) is 5.81. The second-order valence-corrected chi connectivity index (χ2v) is 9.92. The maximum absolute atomic E-state index is 14.3. The van der Waals surface area contributed by atoms with Gasteiger partial charge in [-0.2, -0.15) is 0 Å². The lowest BCUT2D eigenvalue weighted by molar-refractivity contribution is -0.155. The summed E-state index contributed by atoms with van der Waals surface area (Å²) < 4.78 is 0. The number of hydrogen-bond donors (Lipinski definition) is 1. The molecule has 0 bridgehead atoms. The molecule has 0 aliphatic carbocycles. The number of carboxylic acid groups (broad SMARTS) is 1. The molecule has 0 saturated carbocycles. The highest BCUT2D eigenvalue weighted by molar-refractivity contribution is 5.93. The first-order valence-electron chi connectivity index (χ1n) is 12.5.